The number of hydrogen-bond acceptors (Lipinski definition) is 4. The van der Waals surface area contributed by atoms with Gasteiger partial charge in [0.05, 0.1) is 5.69 Å². The van der Waals surface area contributed by atoms with Crippen LogP contribution in [-0.2, 0) is 4.79 Å². The van der Waals surface area contributed by atoms with E-state index in [-0.39, 0.29) is 34.7 Å². The van der Waals surface area contributed by atoms with E-state index in [0.29, 0.717) is 11.6 Å². The molecule has 128 valence electrons. The minimum Gasteiger partial charge on any atom is -0.504 e. The molecule has 0 spiro atoms. The number of nitrogens with zero attached hydrogens (tertiary/aromatic N) is 1. The maximum Gasteiger partial charge on any atom is 0.223 e. The molecule has 2 N–H and O–H groups in total. The molecule has 0 radical (unpaired) electrons. The molecule has 1 heterocycles. The number of allylic oxidation sites excluding steroid dienone is 3. The van der Waals surface area contributed by atoms with E-state index >= 15 is 0 Å². The Morgan fingerprint density at radius 2 is 1.75 bits per heavy atom. The summed E-state index contributed by atoms with van der Waals surface area (Å²) in [5, 5.41) is 19.7. The monoisotopic (exact) mass is 329 g/mol. The van der Waals surface area contributed by atoms with Gasteiger partial charge in [0.1, 0.15) is 0 Å². The largest absolute Gasteiger partial charge is 0.504 e. The predicted octanol–water partition coefficient (Wildman–Crippen LogP) is 3.18. The molecule has 5 heteroatoms. The zero-order valence-corrected chi connectivity index (χ0v) is 14.0. The van der Waals surface area contributed by atoms with Crippen molar-refractivity contribution in [2.24, 2.45) is 11.8 Å². The molecule has 3 rings (SSSR count). The van der Waals surface area contributed by atoms with Crippen molar-refractivity contribution in [1.29, 1.82) is 0 Å². The quantitative estimate of drug-likeness (QED) is 0.873. The fraction of sp³-hybridized carbons (Fsp3) is 0.474. The smallest absolute Gasteiger partial charge is 0.223 e. The summed E-state index contributed by atoms with van der Waals surface area (Å²) in [6.45, 7) is 3.60. The molecule has 24 heavy (non-hydrogen) atoms. The number of carbonyl (C=O) groups is 1. The van der Waals surface area contributed by atoms with Gasteiger partial charge in [-0.05, 0) is 57.1 Å². The molecule has 2 aliphatic rings. The predicted molar refractivity (Wildman–Crippen MR) is 91.1 cm³/mol. The minimum atomic E-state index is -0.342. The molecule has 0 bridgehead atoms. The Labute approximate surface area is 140 Å². The number of pyridine rings is 1. The fourth-order valence-corrected chi connectivity index (χ4v) is 4.05. The van der Waals surface area contributed by atoms with E-state index in [9.17, 15) is 19.8 Å². The lowest BCUT2D eigenvalue weighted by Gasteiger charge is -2.35. The molecule has 1 atom stereocenters. The Morgan fingerprint density at radius 3 is 2.42 bits per heavy atom. The molecule has 5 nitrogen and oxygen atoms in total. The van der Waals surface area contributed by atoms with Gasteiger partial charge in [-0.25, -0.2) is 0 Å². The van der Waals surface area contributed by atoms with Crippen LogP contribution in [-0.4, -0.2) is 20.6 Å². The van der Waals surface area contributed by atoms with Gasteiger partial charge in [0, 0.05) is 24.2 Å². The third-order valence-corrected chi connectivity index (χ3v) is 5.55. The molecule has 1 aromatic rings. The average Bonchev–Trinajstić information content (AvgIpc) is 2.58. The van der Waals surface area contributed by atoms with Crippen LogP contribution in [0.25, 0.3) is 0 Å². The van der Waals surface area contributed by atoms with Crippen molar-refractivity contribution in [2.75, 3.05) is 0 Å². The topological polar surface area (TPSA) is 79.5 Å². The molecule has 1 unspecified atom stereocenters. The minimum absolute atomic E-state index is 0.106. The van der Waals surface area contributed by atoms with Crippen molar-refractivity contribution in [3.05, 3.63) is 51.7 Å². The van der Waals surface area contributed by atoms with Crippen molar-refractivity contribution in [3.63, 3.8) is 0 Å². The van der Waals surface area contributed by atoms with E-state index in [4.69, 9.17) is 0 Å². The number of aromatic nitrogens is 1. The first-order valence-electron chi connectivity index (χ1n) is 8.43. The number of aliphatic hydroxyl groups is 1. The summed E-state index contributed by atoms with van der Waals surface area (Å²) in [4.78, 5) is 23.0. The van der Waals surface area contributed by atoms with Gasteiger partial charge in [-0.15, -0.1) is 0 Å². The van der Waals surface area contributed by atoms with Crippen LogP contribution >= 0.6 is 0 Å². The first kappa shape index (κ1) is 16.6. The second-order valence-electron chi connectivity index (χ2n) is 6.87. The van der Waals surface area contributed by atoms with Crippen LogP contribution in [0.4, 0.5) is 0 Å². The van der Waals surface area contributed by atoms with Gasteiger partial charge in [-0.2, -0.15) is 0 Å². The lowest BCUT2D eigenvalue weighted by Crippen LogP contribution is -2.27. The molecule has 0 aliphatic heterocycles. The summed E-state index contributed by atoms with van der Waals surface area (Å²) in [7, 11) is 0. The standard InChI is InChI=1S/C19H23NO4/c1-11-15(7-8-16(21)18(11)23)13-3-5-14(6-4-13)20-10-9-17(22)19(24)12(20)2/h7-10,13-15,23-24H,3-6H2,1-2H3. The van der Waals surface area contributed by atoms with E-state index < -0.39 is 0 Å². The molecular weight excluding hydrogens is 306 g/mol. The summed E-state index contributed by atoms with van der Waals surface area (Å²) in [6.07, 6.45) is 9.00. The highest BCUT2D eigenvalue weighted by atomic mass is 16.3. The zero-order valence-electron chi connectivity index (χ0n) is 14.0. The number of carbonyl (C=O) groups excluding carboxylic acids is 1. The number of hydrogen-bond donors (Lipinski definition) is 2. The number of rotatable bonds is 2. The summed E-state index contributed by atoms with van der Waals surface area (Å²) in [5.74, 6) is -0.0622. The van der Waals surface area contributed by atoms with Crippen LogP contribution in [0.3, 0.4) is 0 Å². The molecule has 0 aromatic carbocycles. The molecule has 1 fully saturated rings. The highest BCUT2D eigenvalue weighted by Gasteiger charge is 2.32. The molecular formula is C19H23NO4. The first-order valence-corrected chi connectivity index (χ1v) is 8.43. The second kappa shape index (κ2) is 6.30. The van der Waals surface area contributed by atoms with Crippen LogP contribution < -0.4 is 5.43 Å². The van der Waals surface area contributed by atoms with Gasteiger partial charge >= 0.3 is 0 Å². The second-order valence-corrected chi connectivity index (χ2v) is 6.87. The summed E-state index contributed by atoms with van der Waals surface area (Å²) in [6, 6.07) is 1.68. The van der Waals surface area contributed by atoms with Crippen LogP contribution in [0.15, 0.2) is 40.5 Å². The van der Waals surface area contributed by atoms with Crippen molar-refractivity contribution in [2.45, 2.75) is 45.6 Å². The van der Waals surface area contributed by atoms with Gasteiger partial charge in [-0.1, -0.05) is 6.08 Å². The van der Waals surface area contributed by atoms with Gasteiger partial charge < -0.3 is 14.8 Å². The van der Waals surface area contributed by atoms with Gasteiger partial charge in [0.2, 0.25) is 11.2 Å². The van der Waals surface area contributed by atoms with Crippen molar-refractivity contribution in [3.8, 4) is 5.75 Å². The number of aliphatic hydroxyl groups excluding tert-OH is 1. The maximum atomic E-state index is 11.5. The van der Waals surface area contributed by atoms with E-state index in [2.05, 4.69) is 0 Å². The molecule has 0 amide bonds. The normalized spacial score (nSPS) is 27.6. The molecule has 1 saturated carbocycles. The Kier molecular flexibility index (Phi) is 4.35. The highest BCUT2D eigenvalue weighted by Crippen LogP contribution is 2.41. The van der Waals surface area contributed by atoms with Gasteiger partial charge in [0.15, 0.2) is 11.5 Å². The third-order valence-electron chi connectivity index (χ3n) is 5.55. The SMILES string of the molecule is CC1=C(O)C(=O)C=CC1C1CCC(n2ccc(=O)c(O)c2C)CC1. The van der Waals surface area contributed by atoms with Crippen LogP contribution in [0.5, 0.6) is 5.75 Å². The van der Waals surface area contributed by atoms with Crippen molar-refractivity contribution < 1.29 is 15.0 Å². The number of aromatic hydroxyl groups is 1. The van der Waals surface area contributed by atoms with Gasteiger partial charge in [0.25, 0.3) is 0 Å². The lowest BCUT2D eigenvalue weighted by atomic mass is 9.73. The zero-order chi connectivity index (χ0) is 17.4. The summed E-state index contributed by atoms with van der Waals surface area (Å²) >= 11 is 0. The fourth-order valence-electron chi connectivity index (χ4n) is 4.05. The molecule has 2 aliphatic carbocycles. The highest BCUT2D eigenvalue weighted by molar-refractivity contribution is 6.03. The Hall–Kier alpha value is -2.30. The maximum absolute atomic E-state index is 11.5. The van der Waals surface area contributed by atoms with Crippen molar-refractivity contribution in [1.82, 2.24) is 4.57 Å². The Balaban J connectivity index is 1.73. The third kappa shape index (κ3) is 2.79. The lowest BCUT2D eigenvalue weighted by molar-refractivity contribution is -0.114. The van der Waals surface area contributed by atoms with Crippen LogP contribution in [0.1, 0.15) is 44.3 Å². The number of ketones is 1. The Bertz CT molecular complexity index is 779. The molecule has 0 saturated heterocycles. The average molecular weight is 329 g/mol. The molecule has 1 aromatic heterocycles. The van der Waals surface area contributed by atoms with Crippen molar-refractivity contribution >= 4 is 5.78 Å². The van der Waals surface area contributed by atoms with Crippen LogP contribution in [0.2, 0.25) is 0 Å². The van der Waals surface area contributed by atoms with E-state index in [0.717, 1.165) is 31.3 Å². The van der Waals surface area contributed by atoms with E-state index in [1.165, 1.54) is 12.1 Å². The first-order chi connectivity index (χ1) is 11.4. The van der Waals surface area contributed by atoms with E-state index in [1.54, 1.807) is 13.1 Å². The van der Waals surface area contributed by atoms with E-state index in [1.807, 2.05) is 17.6 Å². The summed E-state index contributed by atoms with van der Waals surface area (Å²) < 4.78 is 1.99. The van der Waals surface area contributed by atoms with Crippen LogP contribution in [0, 0.1) is 18.8 Å². The van der Waals surface area contributed by atoms with Gasteiger partial charge in [-0.3, -0.25) is 9.59 Å². The Morgan fingerprint density at radius 1 is 1.08 bits per heavy atom. The summed E-state index contributed by atoms with van der Waals surface area (Å²) in [5.41, 5.74) is 1.04.